The molecule has 6 atom stereocenters. The van der Waals surface area contributed by atoms with Gasteiger partial charge in [0, 0.05) is 44.2 Å². The Morgan fingerprint density at radius 2 is 1.93 bits per heavy atom. The lowest BCUT2D eigenvalue weighted by atomic mass is 9.68. The molecule has 2 heterocycles. The molecular formula is C36H45ClN2O6. The Bertz CT molecular complexity index is 1480. The molecule has 0 saturated heterocycles. The Balaban J connectivity index is 1.47. The van der Waals surface area contributed by atoms with E-state index in [4.69, 9.17) is 25.8 Å². The van der Waals surface area contributed by atoms with Crippen molar-refractivity contribution in [1.82, 2.24) is 4.90 Å². The molecule has 0 radical (unpaired) electrons. The summed E-state index contributed by atoms with van der Waals surface area (Å²) in [5.41, 5.74) is 1.25. The Labute approximate surface area is 271 Å². The van der Waals surface area contributed by atoms with Crippen molar-refractivity contribution >= 4 is 29.2 Å². The highest BCUT2D eigenvalue weighted by molar-refractivity contribution is 6.30. The van der Waals surface area contributed by atoms with Gasteiger partial charge in [0.05, 0.1) is 31.9 Å². The lowest BCUT2D eigenvalue weighted by Crippen LogP contribution is -2.49. The first-order valence-corrected chi connectivity index (χ1v) is 16.5. The fourth-order valence-corrected chi connectivity index (χ4v) is 8.21. The molecule has 45 heavy (non-hydrogen) atoms. The van der Waals surface area contributed by atoms with Crippen LogP contribution in [0.15, 0.2) is 48.6 Å². The Morgan fingerprint density at radius 1 is 1.11 bits per heavy atom. The molecule has 2 unspecified atom stereocenters. The van der Waals surface area contributed by atoms with Crippen molar-refractivity contribution in [3.8, 4) is 5.75 Å². The molecule has 1 spiro atoms. The number of ether oxygens (including phenoxy) is 3. The van der Waals surface area contributed by atoms with Gasteiger partial charge in [0.25, 0.3) is 0 Å². The molecule has 0 aromatic heterocycles. The maximum Gasteiger partial charge on any atom is 0.343 e. The molecule has 2 bridgehead atoms. The van der Waals surface area contributed by atoms with Crippen molar-refractivity contribution in [2.24, 2.45) is 17.8 Å². The third-order valence-corrected chi connectivity index (χ3v) is 10.9. The molecule has 6 rings (SSSR count). The first kappa shape index (κ1) is 31.9. The maximum absolute atomic E-state index is 13.5. The topological polar surface area (TPSA) is 88.5 Å². The van der Waals surface area contributed by atoms with E-state index in [1.54, 1.807) is 25.1 Å². The lowest BCUT2D eigenvalue weighted by Gasteiger charge is -2.46. The Morgan fingerprint density at radius 3 is 2.67 bits per heavy atom. The van der Waals surface area contributed by atoms with E-state index in [9.17, 15) is 14.7 Å². The maximum atomic E-state index is 13.5. The smallest absolute Gasteiger partial charge is 0.343 e. The molecule has 2 aromatic carbocycles. The number of aliphatic hydroxyl groups is 1. The number of benzene rings is 2. The number of methoxy groups -OCH3 is 2. The van der Waals surface area contributed by atoms with Crippen LogP contribution < -0.4 is 9.64 Å². The number of aryl methyl sites for hydroxylation is 1. The molecule has 1 N–H and O–H groups in total. The minimum Gasteiger partial charge on any atom is -0.490 e. The van der Waals surface area contributed by atoms with Crippen LogP contribution in [0.25, 0.3) is 0 Å². The number of rotatable bonds is 2. The summed E-state index contributed by atoms with van der Waals surface area (Å²) in [6.07, 6.45) is 8.96. The number of carbonyl (C=O) groups is 2. The van der Waals surface area contributed by atoms with E-state index in [1.165, 1.54) is 18.2 Å². The van der Waals surface area contributed by atoms with E-state index in [2.05, 4.69) is 36.1 Å². The van der Waals surface area contributed by atoms with Crippen molar-refractivity contribution < 1.29 is 28.9 Å². The van der Waals surface area contributed by atoms with Gasteiger partial charge in [-0.25, -0.2) is 4.79 Å². The van der Waals surface area contributed by atoms with Crippen molar-refractivity contribution in [2.45, 2.75) is 62.6 Å². The third-order valence-electron chi connectivity index (χ3n) is 10.7. The van der Waals surface area contributed by atoms with Gasteiger partial charge < -0.3 is 29.1 Å². The van der Waals surface area contributed by atoms with Crippen LogP contribution in [0.3, 0.4) is 0 Å². The zero-order chi connectivity index (χ0) is 31.9. The van der Waals surface area contributed by atoms with E-state index in [-0.39, 0.29) is 23.3 Å². The molecule has 9 heteroatoms. The van der Waals surface area contributed by atoms with Gasteiger partial charge in [0.1, 0.15) is 5.75 Å². The number of fused-ring (bicyclic) bond motifs is 4. The SMILES string of the molecule is COC(=O)[C@]1(O)CC(=O)N(C)CC(C)/C=C/C(OC)[C@@H]2CC[C@H]2CN2C[C@@]3(CCCc4cc(Cl)ccc43)COc3ccc1cc32. The molecule has 2 aliphatic heterocycles. The average Bonchev–Trinajstić information content (AvgIpc) is 3.16. The summed E-state index contributed by atoms with van der Waals surface area (Å²) >= 11 is 6.44. The first-order chi connectivity index (χ1) is 21.6. The Hall–Kier alpha value is -3.07. The van der Waals surface area contributed by atoms with Crippen molar-refractivity contribution in [3.05, 3.63) is 70.3 Å². The van der Waals surface area contributed by atoms with E-state index in [0.717, 1.165) is 49.4 Å². The van der Waals surface area contributed by atoms with E-state index >= 15 is 0 Å². The van der Waals surface area contributed by atoms with Crippen LogP contribution in [0.4, 0.5) is 5.69 Å². The largest absolute Gasteiger partial charge is 0.490 e. The van der Waals surface area contributed by atoms with Crippen molar-refractivity contribution in [3.63, 3.8) is 0 Å². The summed E-state index contributed by atoms with van der Waals surface area (Å²) in [5, 5.41) is 12.7. The predicted octanol–water partition coefficient (Wildman–Crippen LogP) is 5.27. The number of hydrogen-bond donors (Lipinski definition) is 1. The molecule has 1 amide bonds. The van der Waals surface area contributed by atoms with Gasteiger partial charge >= 0.3 is 5.97 Å². The van der Waals surface area contributed by atoms with Gasteiger partial charge in [-0.2, -0.15) is 0 Å². The number of anilines is 1. The zero-order valence-corrected chi connectivity index (χ0v) is 27.5. The van der Waals surface area contributed by atoms with Crippen LogP contribution in [0, 0.1) is 17.8 Å². The van der Waals surface area contributed by atoms with Crippen LogP contribution >= 0.6 is 11.6 Å². The quantitative estimate of drug-likeness (QED) is 0.355. The predicted molar refractivity (Wildman–Crippen MR) is 174 cm³/mol. The van der Waals surface area contributed by atoms with E-state index in [0.29, 0.717) is 42.8 Å². The van der Waals surface area contributed by atoms with Gasteiger partial charge in [0.2, 0.25) is 5.91 Å². The highest BCUT2D eigenvalue weighted by Gasteiger charge is 2.46. The van der Waals surface area contributed by atoms with Crippen LogP contribution in [0.1, 0.15) is 55.7 Å². The minimum atomic E-state index is -2.16. The summed E-state index contributed by atoms with van der Waals surface area (Å²) in [5.74, 6) is 0.269. The molecule has 2 aliphatic carbocycles. The molecule has 8 nitrogen and oxygen atoms in total. The van der Waals surface area contributed by atoms with Crippen LogP contribution in [0.2, 0.25) is 5.02 Å². The number of carbonyl (C=O) groups excluding carboxylic acids is 2. The van der Waals surface area contributed by atoms with Crippen LogP contribution in [0.5, 0.6) is 5.75 Å². The molecule has 1 saturated carbocycles. The minimum absolute atomic E-state index is 0.0231. The summed E-state index contributed by atoms with van der Waals surface area (Å²) < 4.78 is 17.7. The van der Waals surface area contributed by atoms with Gasteiger partial charge in [-0.3, -0.25) is 4.79 Å². The monoisotopic (exact) mass is 636 g/mol. The number of nitrogens with zero attached hydrogens (tertiary/aromatic N) is 2. The molecule has 1 fully saturated rings. The number of amides is 1. The van der Waals surface area contributed by atoms with Gasteiger partial charge in [-0.1, -0.05) is 42.8 Å². The van der Waals surface area contributed by atoms with Crippen LogP contribution in [-0.2, 0) is 36.5 Å². The summed E-state index contributed by atoms with van der Waals surface area (Å²) in [6, 6.07) is 11.6. The fourth-order valence-electron chi connectivity index (χ4n) is 8.01. The lowest BCUT2D eigenvalue weighted by molar-refractivity contribution is -0.168. The second-order valence-electron chi connectivity index (χ2n) is 13.7. The number of esters is 1. The Kier molecular flexibility index (Phi) is 8.94. The third kappa shape index (κ3) is 5.97. The number of halogens is 1. The van der Waals surface area contributed by atoms with Crippen molar-refractivity contribution in [2.75, 3.05) is 52.4 Å². The zero-order valence-electron chi connectivity index (χ0n) is 26.8. The normalized spacial score (nSPS) is 32.4. The van der Waals surface area contributed by atoms with E-state index < -0.39 is 18.0 Å². The average molecular weight is 637 g/mol. The van der Waals surface area contributed by atoms with Gasteiger partial charge in [0.15, 0.2) is 5.60 Å². The highest BCUT2D eigenvalue weighted by atomic mass is 35.5. The summed E-state index contributed by atoms with van der Waals surface area (Å²) in [7, 11) is 4.71. The van der Waals surface area contributed by atoms with Crippen LogP contribution in [-0.4, -0.2) is 75.5 Å². The summed E-state index contributed by atoms with van der Waals surface area (Å²) in [6.45, 7) is 4.49. The fraction of sp³-hybridized carbons (Fsp3) is 0.556. The molecule has 242 valence electrons. The first-order valence-electron chi connectivity index (χ1n) is 16.1. The molecule has 2 aromatic rings. The standard InChI is InChI=1S/C36H45ClN2O6/c1-23-7-13-31(43-3)28-11-8-25(28)20-39-21-35(15-5-6-24-16-27(37)10-12-29(24)35)22-45-32-14-9-26(17-30(32)39)36(42,34(41)44-4)18-33(40)38(2)19-23/h7,9-10,12-14,16-17,23,25,28,31,42H,5-6,8,11,15,18-22H2,1-4H3/b13-7+/t23?,25-,28+,31?,35-,36-/m0/s1. The molecule has 4 aliphatic rings. The van der Waals surface area contributed by atoms with Gasteiger partial charge in [-0.15, -0.1) is 0 Å². The van der Waals surface area contributed by atoms with Crippen molar-refractivity contribution in [1.29, 1.82) is 0 Å². The summed E-state index contributed by atoms with van der Waals surface area (Å²) in [4.78, 5) is 30.7. The second kappa shape index (κ2) is 12.6. The highest BCUT2D eigenvalue weighted by Crippen LogP contribution is 2.48. The van der Waals surface area contributed by atoms with E-state index in [1.807, 2.05) is 18.2 Å². The molecular weight excluding hydrogens is 592 g/mol. The van der Waals surface area contributed by atoms with Gasteiger partial charge in [-0.05, 0) is 90.8 Å². The number of hydrogen-bond acceptors (Lipinski definition) is 7. The second-order valence-corrected chi connectivity index (χ2v) is 14.1.